The van der Waals surface area contributed by atoms with Gasteiger partial charge in [-0.3, -0.25) is 0 Å². The Balaban J connectivity index is 2.34. The molecule has 1 fully saturated rings. The summed E-state index contributed by atoms with van der Waals surface area (Å²) in [6.45, 7) is 7.28. The van der Waals surface area contributed by atoms with E-state index in [4.69, 9.17) is 9.47 Å². The van der Waals surface area contributed by atoms with Crippen LogP contribution in [0.4, 0.5) is 0 Å². The molecule has 0 aromatic heterocycles. The highest BCUT2D eigenvalue weighted by atomic mass is 16.5. The fourth-order valence-corrected chi connectivity index (χ4v) is 3.30. The minimum Gasteiger partial charge on any atom is -0.490 e. The zero-order valence-electron chi connectivity index (χ0n) is 12.8. The molecule has 1 N–H and O–H groups in total. The van der Waals surface area contributed by atoms with Crippen molar-refractivity contribution in [1.29, 1.82) is 0 Å². The number of rotatable bonds is 6. The largest absolute Gasteiger partial charge is 0.490 e. The van der Waals surface area contributed by atoms with E-state index in [2.05, 4.69) is 6.92 Å². The molecule has 0 amide bonds. The molecule has 0 heterocycles. The smallest absolute Gasteiger partial charge is 0.161 e. The molecule has 0 radical (unpaired) electrons. The van der Waals surface area contributed by atoms with E-state index < -0.39 is 5.60 Å². The zero-order chi connectivity index (χ0) is 14.6. The molecule has 1 aliphatic carbocycles. The minimum atomic E-state index is -0.703. The third-order valence-corrected chi connectivity index (χ3v) is 4.32. The summed E-state index contributed by atoms with van der Waals surface area (Å²) in [5.41, 5.74) is 0.263. The van der Waals surface area contributed by atoms with Crippen molar-refractivity contribution in [2.75, 3.05) is 13.2 Å². The minimum absolute atomic E-state index is 0.343. The van der Waals surface area contributed by atoms with Crippen LogP contribution < -0.4 is 9.47 Å². The molecule has 2 atom stereocenters. The van der Waals surface area contributed by atoms with Crippen LogP contribution in [0.5, 0.6) is 11.5 Å². The first-order valence-electron chi connectivity index (χ1n) is 7.78. The van der Waals surface area contributed by atoms with Gasteiger partial charge in [0.1, 0.15) is 0 Å². The van der Waals surface area contributed by atoms with Gasteiger partial charge in [-0.1, -0.05) is 19.4 Å². The van der Waals surface area contributed by atoms with Crippen LogP contribution in [-0.4, -0.2) is 18.3 Å². The van der Waals surface area contributed by atoms with E-state index in [1.807, 2.05) is 32.0 Å². The van der Waals surface area contributed by atoms with Gasteiger partial charge in [-0.2, -0.15) is 0 Å². The summed E-state index contributed by atoms with van der Waals surface area (Å²) in [7, 11) is 0. The standard InChI is InChI=1S/C17H26O3/c1-4-13-8-7-11-17(13,18)14-9-10-15(19-5-2)16(12-14)20-6-3/h9-10,12-13,18H,4-8,11H2,1-3H3. The van der Waals surface area contributed by atoms with E-state index >= 15 is 0 Å². The van der Waals surface area contributed by atoms with Gasteiger partial charge in [0.25, 0.3) is 0 Å². The molecule has 0 saturated heterocycles. The van der Waals surface area contributed by atoms with Crippen molar-refractivity contribution in [3.63, 3.8) is 0 Å². The zero-order valence-corrected chi connectivity index (χ0v) is 12.8. The van der Waals surface area contributed by atoms with Gasteiger partial charge in [-0.15, -0.1) is 0 Å². The van der Waals surface area contributed by atoms with Gasteiger partial charge >= 0.3 is 0 Å². The first-order chi connectivity index (χ1) is 9.65. The van der Waals surface area contributed by atoms with E-state index in [9.17, 15) is 5.11 Å². The molecule has 1 aromatic carbocycles. The van der Waals surface area contributed by atoms with Crippen LogP contribution in [-0.2, 0) is 5.60 Å². The summed E-state index contributed by atoms with van der Waals surface area (Å²) in [6.07, 6.45) is 4.04. The summed E-state index contributed by atoms with van der Waals surface area (Å²) >= 11 is 0. The van der Waals surface area contributed by atoms with Crippen LogP contribution in [0.1, 0.15) is 52.0 Å². The van der Waals surface area contributed by atoms with Crippen LogP contribution in [0.25, 0.3) is 0 Å². The lowest BCUT2D eigenvalue weighted by molar-refractivity contribution is -0.00412. The molecule has 112 valence electrons. The first kappa shape index (κ1) is 15.2. The number of hydrogen-bond acceptors (Lipinski definition) is 3. The number of aliphatic hydroxyl groups is 1. The average molecular weight is 278 g/mol. The van der Waals surface area contributed by atoms with Crippen molar-refractivity contribution in [1.82, 2.24) is 0 Å². The maximum Gasteiger partial charge on any atom is 0.161 e. The van der Waals surface area contributed by atoms with E-state index in [0.29, 0.717) is 19.1 Å². The number of ether oxygens (including phenoxy) is 2. The van der Waals surface area contributed by atoms with Crippen molar-refractivity contribution < 1.29 is 14.6 Å². The summed E-state index contributed by atoms with van der Waals surface area (Å²) in [6, 6.07) is 5.87. The molecule has 1 aliphatic rings. The van der Waals surface area contributed by atoms with Gasteiger partial charge in [0, 0.05) is 0 Å². The van der Waals surface area contributed by atoms with Crippen LogP contribution in [0.3, 0.4) is 0 Å². The molecule has 3 nitrogen and oxygen atoms in total. The van der Waals surface area contributed by atoms with Crippen LogP contribution in [0.15, 0.2) is 18.2 Å². The van der Waals surface area contributed by atoms with Gasteiger partial charge < -0.3 is 14.6 Å². The topological polar surface area (TPSA) is 38.7 Å². The first-order valence-corrected chi connectivity index (χ1v) is 7.78. The van der Waals surface area contributed by atoms with Gasteiger partial charge in [0.05, 0.1) is 18.8 Å². The third-order valence-electron chi connectivity index (χ3n) is 4.32. The summed E-state index contributed by atoms with van der Waals surface area (Å²) in [5, 5.41) is 11.0. The Kier molecular flexibility index (Phi) is 4.92. The molecule has 1 aromatic rings. The Labute approximate surface area is 121 Å². The van der Waals surface area contributed by atoms with Gasteiger partial charge in [-0.05, 0) is 56.7 Å². The quantitative estimate of drug-likeness (QED) is 0.858. The van der Waals surface area contributed by atoms with Crippen molar-refractivity contribution in [3.8, 4) is 11.5 Å². The van der Waals surface area contributed by atoms with E-state index in [0.717, 1.165) is 42.7 Å². The second kappa shape index (κ2) is 6.49. The molecule has 1 saturated carbocycles. The highest BCUT2D eigenvalue weighted by molar-refractivity contribution is 5.45. The Morgan fingerprint density at radius 3 is 2.50 bits per heavy atom. The van der Waals surface area contributed by atoms with E-state index in [1.54, 1.807) is 0 Å². The second-order valence-electron chi connectivity index (χ2n) is 5.45. The van der Waals surface area contributed by atoms with Crippen LogP contribution >= 0.6 is 0 Å². The molecule has 20 heavy (non-hydrogen) atoms. The van der Waals surface area contributed by atoms with Crippen LogP contribution in [0.2, 0.25) is 0 Å². The fourth-order valence-electron chi connectivity index (χ4n) is 3.30. The number of benzene rings is 1. The normalized spacial score (nSPS) is 25.7. The monoisotopic (exact) mass is 278 g/mol. The molecule has 0 spiro atoms. The van der Waals surface area contributed by atoms with Crippen molar-refractivity contribution >= 4 is 0 Å². The number of hydrogen-bond donors (Lipinski definition) is 1. The van der Waals surface area contributed by atoms with Crippen molar-refractivity contribution in [3.05, 3.63) is 23.8 Å². The van der Waals surface area contributed by atoms with Crippen molar-refractivity contribution in [2.24, 2.45) is 5.92 Å². The Bertz CT molecular complexity index is 444. The van der Waals surface area contributed by atoms with Gasteiger partial charge in [-0.25, -0.2) is 0 Å². The SMILES string of the molecule is CCOc1ccc(C2(O)CCCC2CC)cc1OCC. The van der Waals surface area contributed by atoms with E-state index in [1.165, 1.54) is 0 Å². The third kappa shape index (κ3) is 2.78. The lowest BCUT2D eigenvalue weighted by Crippen LogP contribution is -2.29. The molecular formula is C17H26O3. The average Bonchev–Trinajstić information content (AvgIpc) is 2.83. The maximum absolute atomic E-state index is 11.0. The molecule has 3 heteroatoms. The summed E-state index contributed by atoms with van der Waals surface area (Å²) in [4.78, 5) is 0. The molecule has 0 aliphatic heterocycles. The Hall–Kier alpha value is -1.22. The Morgan fingerprint density at radius 2 is 1.85 bits per heavy atom. The molecule has 2 rings (SSSR count). The lowest BCUT2D eigenvalue weighted by atomic mass is 9.82. The molecule has 0 bridgehead atoms. The predicted octanol–water partition coefficient (Wildman–Crippen LogP) is 3.88. The summed E-state index contributed by atoms with van der Waals surface area (Å²) < 4.78 is 11.3. The van der Waals surface area contributed by atoms with Crippen LogP contribution in [0, 0.1) is 5.92 Å². The lowest BCUT2D eigenvalue weighted by Gasteiger charge is -2.30. The highest BCUT2D eigenvalue weighted by Gasteiger charge is 2.41. The molecule has 2 unspecified atom stereocenters. The van der Waals surface area contributed by atoms with Gasteiger partial charge in [0.2, 0.25) is 0 Å². The highest BCUT2D eigenvalue weighted by Crippen LogP contribution is 2.46. The Morgan fingerprint density at radius 1 is 1.15 bits per heavy atom. The summed E-state index contributed by atoms with van der Waals surface area (Å²) in [5.74, 6) is 1.84. The maximum atomic E-state index is 11.0. The van der Waals surface area contributed by atoms with E-state index in [-0.39, 0.29) is 0 Å². The molecular weight excluding hydrogens is 252 g/mol. The van der Waals surface area contributed by atoms with Crippen molar-refractivity contribution in [2.45, 2.75) is 52.1 Å². The fraction of sp³-hybridized carbons (Fsp3) is 0.647. The van der Waals surface area contributed by atoms with Gasteiger partial charge in [0.15, 0.2) is 11.5 Å². The predicted molar refractivity (Wildman–Crippen MR) is 80.3 cm³/mol. The second-order valence-corrected chi connectivity index (χ2v) is 5.45.